The summed E-state index contributed by atoms with van der Waals surface area (Å²) in [5, 5.41) is 15.7. The highest BCUT2D eigenvalue weighted by Gasteiger charge is 2.35. The average Bonchev–Trinajstić information content (AvgIpc) is 3.31. The van der Waals surface area contributed by atoms with Crippen LogP contribution >= 0.6 is 0 Å². The third kappa shape index (κ3) is 8.74. The Hall–Kier alpha value is -4.14. The first-order valence-electron chi connectivity index (χ1n) is 13.9. The fraction of sp³-hybridized carbons (Fsp3) is 0.355. The molecule has 2 atom stereocenters. The molecule has 8 nitrogen and oxygen atoms in total. The van der Waals surface area contributed by atoms with Crippen molar-refractivity contribution in [3.8, 4) is 5.75 Å². The molecule has 2 aromatic heterocycles. The molecule has 0 radical (unpaired) electrons. The number of alkyl halides is 3. The predicted molar refractivity (Wildman–Crippen MR) is 152 cm³/mol. The van der Waals surface area contributed by atoms with Gasteiger partial charge in [-0.15, -0.1) is 0 Å². The summed E-state index contributed by atoms with van der Waals surface area (Å²) in [5.74, 6) is -4.29. The van der Waals surface area contributed by atoms with Gasteiger partial charge in [-0.3, -0.25) is 14.5 Å². The van der Waals surface area contributed by atoms with Crippen LogP contribution < -0.4 is 15.4 Å². The van der Waals surface area contributed by atoms with E-state index in [1.807, 2.05) is 0 Å². The number of aliphatic hydroxyl groups excluding tert-OH is 1. The largest absolute Gasteiger partial charge is 0.485 e. The molecule has 4 rings (SSSR count). The minimum Gasteiger partial charge on any atom is -0.485 e. The van der Waals surface area contributed by atoms with Crippen LogP contribution in [0.2, 0.25) is 0 Å². The number of hydrogen-bond acceptors (Lipinski definition) is 6. The number of rotatable bonds is 13. The third-order valence-electron chi connectivity index (χ3n) is 7.05. The Morgan fingerprint density at radius 3 is 2.40 bits per heavy atom. The number of pyridine rings is 1. The number of carbonyl (C=O) groups is 1. The molecule has 2 unspecified atom stereocenters. The molecule has 0 saturated heterocycles. The van der Waals surface area contributed by atoms with Gasteiger partial charge in [-0.25, -0.2) is 18.2 Å². The van der Waals surface area contributed by atoms with Crippen molar-refractivity contribution in [3.05, 3.63) is 100 Å². The predicted octanol–water partition coefficient (Wildman–Crippen LogP) is 5.86. The second kappa shape index (κ2) is 13.9. The maximum Gasteiger partial charge on any atom is 0.389 e. The molecule has 0 fully saturated rings. The summed E-state index contributed by atoms with van der Waals surface area (Å²) in [6, 6.07) is 11.8. The number of nitrogens with zero attached hydrogens (tertiary/aromatic N) is 2. The fourth-order valence-electron chi connectivity index (χ4n) is 4.67. The SMILES string of the molecule is Cc1cc(OCc2c(F)ccc(F)c2F)c2nc(C)c(C(=O)NCC(C)(CCC(F)(F)F)NC(O)OCc3ccccc3)n2c1. The highest BCUT2D eigenvalue weighted by molar-refractivity contribution is 5.95. The van der Waals surface area contributed by atoms with Crippen LogP contribution in [0.3, 0.4) is 0 Å². The van der Waals surface area contributed by atoms with Gasteiger partial charge in [0.1, 0.15) is 18.1 Å². The van der Waals surface area contributed by atoms with Gasteiger partial charge in [0.2, 0.25) is 6.41 Å². The van der Waals surface area contributed by atoms with Crippen LogP contribution in [0.25, 0.3) is 5.65 Å². The van der Waals surface area contributed by atoms with E-state index in [0.717, 1.165) is 11.6 Å². The number of nitrogens with one attached hydrogen (secondary N) is 2. The highest BCUT2D eigenvalue weighted by atomic mass is 19.4. The van der Waals surface area contributed by atoms with Gasteiger partial charge in [-0.05, 0) is 56.5 Å². The molecule has 0 aliphatic carbocycles. The number of fused-ring (bicyclic) bond motifs is 1. The second-order valence-electron chi connectivity index (χ2n) is 10.9. The molecule has 0 aliphatic rings. The molecule has 4 aromatic rings. The van der Waals surface area contributed by atoms with Gasteiger partial charge in [-0.1, -0.05) is 30.3 Å². The maximum absolute atomic E-state index is 14.2. The van der Waals surface area contributed by atoms with Crippen LogP contribution in [0.4, 0.5) is 26.3 Å². The first-order valence-corrected chi connectivity index (χ1v) is 13.9. The number of carbonyl (C=O) groups excluding carboxylic acids is 1. The van der Waals surface area contributed by atoms with Crippen molar-refractivity contribution in [2.75, 3.05) is 6.54 Å². The van der Waals surface area contributed by atoms with Crippen molar-refractivity contribution in [2.24, 2.45) is 0 Å². The smallest absolute Gasteiger partial charge is 0.389 e. The first kappa shape index (κ1) is 33.7. The van der Waals surface area contributed by atoms with Crippen molar-refractivity contribution in [1.82, 2.24) is 20.0 Å². The van der Waals surface area contributed by atoms with Gasteiger partial charge >= 0.3 is 6.18 Å². The Bertz CT molecular complexity index is 1650. The normalized spacial score (nSPS) is 13.9. The Kier molecular flexibility index (Phi) is 10.4. The van der Waals surface area contributed by atoms with Crippen molar-refractivity contribution >= 4 is 11.6 Å². The summed E-state index contributed by atoms with van der Waals surface area (Å²) < 4.78 is 93.8. The third-order valence-corrected chi connectivity index (χ3v) is 7.05. The summed E-state index contributed by atoms with van der Waals surface area (Å²) in [7, 11) is 0. The van der Waals surface area contributed by atoms with Crippen LogP contribution in [0.5, 0.6) is 5.75 Å². The molecule has 242 valence electrons. The number of benzene rings is 2. The number of imidazole rings is 1. The van der Waals surface area contributed by atoms with E-state index in [-0.39, 0.29) is 35.9 Å². The number of aliphatic hydroxyl groups is 1. The number of amides is 1. The monoisotopic (exact) mass is 638 g/mol. The van der Waals surface area contributed by atoms with Crippen molar-refractivity contribution in [3.63, 3.8) is 0 Å². The lowest BCUT2D eigenvalue weighted by Gasteiger charge is -2.34. The van der Waals surface area contributed by atoms with E-state index in [1.54, 1.807) is 43.5 Å². The Labute approximate surface area is 255 Å². The van der Waals surface area contributed by atoms with Gasteiger partial charge in [0, 0.05) is 24.7 Å². The van der Waals surface area contributed by atoms with E-state index >= 15 is 0 Å². The number of aromatic nitrogens is 2. The van der Waals surface area contributed by atoms with Crippen LogP contribution in [-0.4, -0.2) is 45.1 Å². The lowest BCUT2D eigenvalue weighted by molar-refractivity contribution is -0.156. The zero-order valence-electron chi connectivity index (χ0n) is 24.6. The van der Waals surface area contributed by atoms with Gasteiger partial charge in [0.05, 0.1) is 17.9 Å². The zero-order chi connectivity index (χ0) is 32.9. The number of hydrogen-bond donors (Lipinski definition) is 3. The molecule has 2 heterocycles. The minimum absolute atomic E-state index is 0.0139. The van der Waals surface area contributed by atoms with Crippen LogP contribution in [0, 0.1) is 31.3 Å². The van der Waals surface area contributed by atoms with Crippen LogP contribution in [0.1, 0.15) is 52.6 Å². The van der Waals surface area contributed by atoms with Crippen molar-refractivity contribution in [1.29, 1.82) is 0 Å². The summed E-state index contributed by atoms with van der Waals surface area (Å²) in [5.41, 5.74) is -0.419. The molecule has 45 heavy (non-hydrogen) atoms. The van der Waals surface area contributed by atoms with Crippen LogP contribution in [0.15, 0.2) is 54.7 Å². The van der Waals surface area contributed by atoms with E-state index in [4.69, 9.17) is 9.47 Å². The second-order valence-corrected chi connectivity index (χ2v) is 10.9. The first-order chi connectivity index (χ1) is 21.2. The summed E-state index contributed by atoms with van der Waals surface area (Å²) in [6.45, 7) is 3.58. The average molecular weight is 639 g/mol. The van der Waals surface area contributed by atoms with Gasteiger partial charge in [-0.2, -0.15) is 13.2 Å². The molecule has 0 saturated carbocycles. The van der Waals surface area contributed by atoms with Gasteiger partial charge in [0.15, 0.2) is 23.0 Å². The quantitative estimate of drug-likeness (QED) is 0.0965. The highest BCUT2D eigenvalue weighted by Crippen LogP contribution is 2.28. The lowest BCUT2D eigenvalue weighted by atomic mass is 9.95. The van der Waals surface area contributed by atoms with Crippen molar-refractivity contribution < 1.29 is 45.7 Å². The Balaban J connectivity index is 1.52. The van der Waals surface area contributed by atoms with E-state index in [2.05, 4.69) is 15.6 Å². The minimum atomic E-state index is -4.49. The lowest BCUT2D eigenvalue weighted by Crippen LogP contribution is -2.56. The number of aryl methyl sites for hydroxylation is 2. The Morgan fingerprint density at radius 2 is 1.71 bits per heavy atom. The Morgan fingerprint density at radius 1 is 1.02 bits per heavy atom. The topological polar surface area (TPSA) is 97.1 Å². The number of ether oxygens (including phenoxy) is 2. The summed E-state index contributed by atoms with van der Waals surface area (Å²) >= 11 is 0. The molecule has 1 amide bonds. The van der Waals surface area contributed by atoms with E-state index in [0.29, 0.717) is 11.6 Å². The van der Waals surface area contributed by atoms with E-state index in [9.17, 15) is 36.2 Å². The zero-order valence-corrected chi connectivity index (χ0v) is 24.6. The molecule has 2 aromatic carbocycles. The fourth-order valence-corrected chi connectivity index (χ4v) is 4.67. The molecular formula is C31H32F6N4O4. The molecule has 0 spiro atoms. The van der Waals surface area contributed by atoms with Crippen molar-refractivity contribution in [2.45, 2.75) is 65.0 Å². The summed E-state index contributed by atoms with van der Waals surface area (Å²) in [6.07, 6.45) is -6.28. The molecule has 14 heteroatoms. The standard InChI is InChI=1S/C31H32F6N4O4/c1-18-13-24(44-16-21-22(32)9-10-23(33)25(21)34)27-39-19(2)26(41(27)14-18)28(42)38-17-30(3,11-12-31(35,36)37)40-29(43)45-15-20-7-5-4-6-8-20/h4-10,13-14,29,40,43H,11-12,15-17H2,1-3H3,(H,38,42). The summed E-state index contributed by atoms with van der Waals surface area (Å²) in [4.78, 5) is 17.8. The molecule has 3 N–H and O–H groups in total. The van der Waals surface area contributed by atoms with Crippen LogP contribution in [-0.2, 0) is 18.0 Å². The molecular weight excluding hydrogens is 606 g/mol. The molecule has 0 bridgehead atoms. The maximum atomic E-state index is 14.2. The van der Waals surface area contributed by atoms with E-state index < -0.39 is 66.5 Å². The van der Waals surface area contributed by atoms with Gasteiger partial charge < -0.3 is 19.9 Å². The number of halogens is 6. The molecule has 0 aliphatic heterocycles. The van der Waals surface area contributed by atoms with Gasteiger partial charge in [0.25, 0.3) is 5.91 Å². The van der Waals surface area contributed by atoms with E-state index in [1.165, 1.54) is 24.3 Å².